The number of rotatable bonds is 6. The van der Waals surface area contributed by atoms with E-state index in [1.165, 1.54) is 32.1 Å². The number of anilines is 1. The van der Waals surface area contributed by atoms with E-state index in [1.54, 1.807) is 12.1 Å². The van der Waals surface area contributed by atoms with Gasteiger partial charge in [0.05, 0.1) is 5.54 Å². The zero-order chi connectivity index (χ0) is 24.6. The number of halogens is 2. The summed E-state index contributed by atoms with van der Waals surface area (Å²) >= 11 is 6.22. The fraction of sp³-hybridized carbons (Fsp3) is 0.552. The van der Waals surface area contributed by atoms with Crippen LogP contribution in [0.4, 0.5) is 14.9 Å². The van der Waals surface area contributed by atoms with E-state index < -0.39 is 5.54 Å². The van der Waals surface area contributed by atoms with E-state index in [4.69, 9.17) is 11.6 Å². The lowest BCUT2D eigenvalue weighted by atomic mass is 9.81. The monoisotopic (exact) mass is 497 g/mol. The van der Waals surface area contributed by atoms with Crippen LogP contribution in [0.1, 0.15) is 57.4 Å². The highest BCUT2D eigenvalue weighted by Gasteiger charge is 2.59. The molecule has 3 fully saturated rings. The van der Waals surface area contributed by atoms with E-state index in [0.717, 1.165) is 43.3 Å². The van der Waals surface area contributed by atoms with Crippen LogP contribution in [0, 0.1) is 17.7 Å². The average Bonchev–Trinajstić information content (AvgIpc) is 3.31. The van der Waals surface area contributed by atoms with Crippen LogP contribution in [0.25, 0.3) is 0 Å². The van der Waals surface area contributed by atoms with Gasteiger partial charge in [-0.05, 0) is 66.6 Å². The molecule has 2 saturated heterocycles. The van der Waals surface area contributed by atoms with Crippen molar-refractivity contribution in [3.05, 3.63) is 64.9 Å². The Morgan fingerprint density at radius 3 is 2.34 bits per heavy atom. The number of carbonyl (C=O) groups is 1. The molecule has 1 saturated carbocycles. The first kappa shape index (κ1) is 24.6. The molecule has 1 spiro atoms. The van der Waals surface area contributed by atoms with Crippen molar-refractivity contribution in [3.63, 3.8) is 0 Å². The van der Waals surface area contributed by atoms with E-state index in [-0.39, 0.29) is 17.8 Å². The van der Waals surface area contributed by atoms with E-state index in [1.807, 2.05) is 46.2 Å². The summed E-state index contributed by atoms with van der Waals surface area (Å²) in [6.45, 7) is 8.51. The van der Waals surface area contributed by atoms with Crippen molar-refractivity contribution in [2.45, 2.75) is 57.4 Å². The van der Waals surface area contributed by atoms with Gasteiger partial charge in [-0.1, -0.05) is 56.8 Å². The maximum atomic E-state index is 14.0. The molecule has 0 aromatic heterocycles. The van der Waals surface area contributed by atoms with Crippen molar-refractivity contribution in [2.24, 2.45) is 11.8 Å². The van der Waals surface area contributed by atoms with Gasteiger partial charge in [-0.15, -0.1) is 0 Å². The number of amides is 2. The zero-order valence-corrected chi connectivity index (χ0v) is 21.7. The van der Waals surface area contributed by atoms with Crippen LogP contribution in [0.3, 0.4) is 0 Å². The molecule has 2 atom stereocenters. The Bertz CT molecular complexity index is 1020. The second kappa shape index (κ2) is 10.1. The predicted octanol–water partition coefficient (Wildman–Crippen LogP) is 6.80. The van der Waals surface area contributed by atoms with Crippen LogP contribution in [-0.2, 0) is 0 Å². The molecular weight excluding hydrogens is 461 g/mol. The summed E-state index contributed by atoms with van der Waals surface area (Å²) in [5.74, 6) is 0.979. The maximum Gasteiger partial charge on any atom is 0.325 e. The van der Waals surface area contributed by atoms with Gasteiger partial charge in [0.1, 0.15) is 5.82 Å². The second-order valence-corrected chi connectivity index (χ2v) is 11.7. The summed E-state index contributed by atoms with van der Waals surface area (Å²) in [7, 11) is 0. The van der Waals surface area contributed by atoms with Crippen molar-refractivity contribution in [1.82, 2.24) is 9.80 Å². The molecule has 2 heterocycles. The van der Waals surface area contributed by atoms with Crippen LogP contribution >= 0.6 is 11.6 Å². The van der Waals surface area contributed by atoms with Crippen LogP contribution in [0.5, 0.6) is 0 Å². The third-order valence-corrected chi connectivity index (χ3v) is 8.39. The van der Waals surface area contributed by atoms with Gasteiger partial charge in [0, 0.05) is 49.4 Å². The number of carbonyl (C=O) groups excluding carboxylic acids is 1. The average molecular weight is 498 g/mol. The Hall–Kier alpha value is -2.11. The lowest BCUT2D eigenvalue weighted by Gasteiger charge is -2.38. The quantitative estimate of drug-likeness (QED) is 0.439. The van der Waals surface area contributed by atoms with Gasteiger partial charge in [0.2, 0.25) is 0 Å². The highest BCUT2D eigenvalue weighted by atomic mass is 35.5. The number of nitrogens with zero attached hydrogens (tertiary/aromatic N) is 3. The molecule has 0 bridgehead atoms. The van der Waals surface area contributed by atoms with Gasteiger partial charge >= 0.3 is 6.03 Å². The van der Waals surface area contributed by atoms with E-state index >= 15 is 0 Å². The standard InChI is InChI=1S/C29H37ClFN3O/c1-21(2)16-33-20-29(34(28(33)35)26-14-10-24(30)11-15-26)19-32(17-22-6-4-3-5-7-22)18-27(29)23-8-12-25(31)13-9-23/h8-15,21-22,27H,3-7,16-20H2,1-2H3/t27-,29+/m1/s1. The molecule has 2 aromatic rings. The molecule has 5 rings (SSSR count). The fourth-order valence-electron chi connectivity index (χ4n) is 6.70. The molecule has 2 aliphatic heterocycles. The Kier molecular flexibility index (Phi) is 7.09. The minimum Gasteiger partial charge on any atom is -0.322 e. The third kappa shape index (κ3) is 4.95. The van der Waals surface area contributed by atoms with Crippen molar-refractivity contribution in [2.75, 3.05) is 37.6 Å². The molecular formula is C29H37ClFN3O. The van der Waals surface area contributed by atoms with E-state index in [0.29, 0.717) is 17.5 Å². The van der Waals surface area contributed by atoms with Crippen LogP contribution in [0.15, 0.2) is 48.5 Å². The SMILES string of the molecule is CC(C)CN1C[C@]2(CN(CC3CCCCC3)C[C@@H]2c2ccc(F)cc2)N(c2ccc(Cl)cc2)C1=O. The molecule has 4 nitrogen and oxygen atoms in total. The molecule has 2 aromatic carbocycles. The zero-order valence-electron chi connectivity index (χ0n) is 20.9. The first-order chi connectivity index (χ1) is 16.9. The number of hydrogen-bond donors (Lipinski definition) is 0. The number of hydrogen-bond acceptors (Lipinski definition) is 2. The fourth-order valence-corrected chi connectivity index (χ4v) is 6.83. The molecule has 188 valence electrons. The van der Waals surface area contributed by atoms with Crippen LogP contribution < -0.4 is 4.90 Å². The molecule has 0 unspecified atom stereocenters. The normalized spacial score (nSPS) is 26.0. The Morgan fingerprint density at radius 1 is 1.00 bits per heavy atom. The minimum absolute atomic E-state index is 0.0626. The summed E-state index contributed by atoms with van der Waals surface area (Å²) in [5.41, 5.74) is 1.58. The van der Waals surface area contributed by atoms with Gasteiger partial charge in [-0.2, -0.15) is 0 Å². The lowest BCUT2D eigenvalue weighted by molar-refractivity contribution is 0.210. The van der Waals surface area contributed by atoms with Crippen molar-refractivity contribution in [3.8, 4) is 0 Å². The maximum absolute atomic E-state index is 14.0. The van der Waals surface area contributed by atoms with Gasteiger partial charge in [0.25, 0.3) is 0 Å². The van der Waals surface area contributed by atoms with Crippen molar-refractivity contribution in [1.29, 1.82) is 0 Å². The molecule has 2 amide bonds. The van der Waals surface area contributed by atoms with E-state index in [9.17, 15) is 9.18 Å². The summed E-state index contributed by atoms with van der Waals surface area (Å²) in [5, 5.41) is 0.661. The second-order valence-electron chi connectivity index (χ2n) is 11.3. The number of benzene rings is 2. The number of urea groups is 1. The Labute approximate surface area is 214 Å². The van der Waals surface area contributed by atoms with Crippen LogP contribution in [-0.4, -0.2) is 54.1 Å². The molecule has 6 heteroatoms. The van der Waals surface area contributed by atoms with Crippen LogP contribution in [0.2, 0.25) is 5.02 Å². The minimum atomic E-state index is -0.410. The molecule has 1 aliphatic carbocycles. The van der Waals surface area contributed by atoms with Crippen molar-refractivity contribution < 1.29 is 9.18 Å². The molecule has 0 N–H and O–H groups in total. The largest absolute Gasteiger partial charge is 0.325 e. The molecule has 0 radical (unpaired) electrons. The highest BCUT2D eigenvalue weighted by Crippen LogP contribution is 2.47. The summed E-state index contributed by atoms with van der Waals surface area (Å²) in [6, 6.07) is 14.7. The molecule has 3 aliphatic rings. The lowest BCUT2D eigenvalue weighted by Crippen LogP contribution is -2.53. The summed E-state index contributed by atoms with van der Waals surface area (Å²) < 4.78 is 13.9. The number of likely N-dealkylation sites (tertiary alicyclic amines) is 1. The summed E-state index contributed by atoms with van der Waals surface area (Å²) in [6.07, 6.45) is 6.58. The summed E-state index contributed by atoms with van der Waals surface area (Å²) in [4.78, 5) is 20.6. The van der Waals surface area contributed by atoms with Gasteiger partial charge in [-0.3, -0.25) is 9.80 Å². The van der Waals surface area contributed by atoms with Gasteiger partial charge < -0.3 is 4.90 Å². The first-order valence-corrected chi connectivity index (χ1v) is 13.6. The highest BCUT2D eigenvalue weighted by molar-refractivity contribution is 6.30. The Morgan fingerprint density at radius 2 is 1.69 bits per heavy atom. The van der Waals surface area contributed by atoms with Crippen molar-refractivity contribution >= 4 is 23.3 Å². The molecule has 35 heavy (non-hydrogen) atoms. The van der Waals surface area contributed by atoms with Gasteiger partial charge in [0.15, 0.2) is 0 Å². The smallest absolute Gasteiger partial charge is 0.322 e. The van der Waals surface area contributed by atoms with E-state index in [2.05, 4.69) is 18.7 Å². The Balaban J connectivity index is 1.55. The van der Waals surface area contributed by atoms with Gasteiger partial charge in [-0.25, -0.2) is 9.18 Å². The first-order valence-electron chi connectivity index (χ1n) is 13.2. The topological polar surface area (TPSA) is 26.8 Å². The third-order valence-electron chi connectivity index (χ3n) is 8.14. The predicted molar refractivity (Wildman–Crippen MR) is 141 cm³/mol.